The van der Waals surface area contributed by atoms with Gasteiger partial charge in [0.2, 0.25) is 5.91 Å². The summed E-state index contributed by atoms with van der Waals surface area (Å²) in [6, 6.07) is 6.99. The molecule has 1 unspecified atom stereocenters. The van der Waals surface area contributed by atoms with Gasteiger partial charge in [-0.05, 0) is 24.3 Å². The Morgan fingerprint density at radius 2 is 2.00 bits per heavy atom. The molecule has 6 heteroatoms. The third-order valence-electron chi connectivity index (χ3n) is 2.23. The van der Waals surface area contributed by atoms with Crippen molar-refractivity contribution in [2.45, 2.75) is 11.7 Å². The Kier molecular flexibility index (Phi) is 3.91. The van der Waals surface area contributed by atoms with Gasteiger partial charge in [-0.15, -0.1) is 0 Å². The fourth-order valence-electron chi connectivity index (χ4n) is 1.40. The summed E-state index contributed by atoms with van der Waals surface area (Å²) < 4.78 is 5.44. The van der Waals surface area contributed by atoms with Crippen molar-refractivity contribution < 1.29 is 14.3 Å². The summed E-state index contributed by atoms with van der Waals surface area (Å²) in [5, 5.41) is 2.26. The number of nitrogens with one attached hydrogen (secondary N) is 1. The van der Waals surface area contributed by atoms with Crippen LogP contribution < -0.4 is 10.1 Å². The van der Waals surface area contributed by atoms with Gasteiger partial charge in [0.25, 0.3) is 5.24 Å². The molecule has 0 bridgehead atoms. The molecule has 2 rings (SSSR count). The first kappa shape index (κ1) is 12.3. The molecule has 1 aromatic carbocycles. The number of rotatable bonds is 4. The van der Waals surface area contributed by atoms with Crippen LogP contribution in [0.2, 0.25) is 5.02 Å². The van der Waals surface area contributed by atoms with E-state index in [4.69, 9.17) is 16.3 Å². The van der Waals surface area contributed by atoms with Gasteiger partial charge >= 0.3 is 0 Å². The van der Waals surface area contributed by atoms with Crippen molar-refractivity contribution in [2.24, 2.45) is 0 Å². The van der Waals surface area contributed by atoms with Crippen LogP contribution in [0.5, 0.6) is 5.75 Å². The van der Waals surface area contributed by atoms with E-state index in [0.717, 1.165) is 11.8 Å². The summed E-state index contributed by atoms with van der Waals surface area (Å²) in [4.78, 5) is 22.2. The van der Waals surface area contributed by atoms with Crippen LogP contribution in [0, 0.1) is 0 Å². The summed E-state index contributed by atoms with van der Waals surface area (Å²) >= 11 is 6.75. The molecule has 1 fully saturated rings. The maximum Gasteiger partial charge on any atom is 0.286 e. The lowest BCUT2D eigenvalue weighted by atomic mass is 10.3. The van der Waals surface area contributed by atoms with Crippen LogP contribution in [-0.4, -0.2) is 23.0 Å². The number of carbonyl (C=O) groups is 2. The number of carbonyl (C=O) groups excluding carboxylic acids is 2. The first-order valence-electron chi connectivity index (χ1n) is 5.05. The second kappa shape index (κ2) is 5.42. The number of imide groups is 1. The van der Waals surface area contributed by atoms with Crippen LogP contribution in [0.4, 0.5) is 4.79 Å². The number of amides is 2. The highest BCUT2D eigenvalue weighted by atomic mass is 35.5. The third-order valence-corrected chi connectivity index (χ3v) is 3.53. The first-order valence-corrected chi connectivity index (χ1v) is 6.31. The van der Waals surface area contributed by atoms with Crippen LogP contribution in [0.25, 0.3) is 0 Å². The van der Waals surface area contributed by atoms with Gasteiger partial charge in [0.1, 0.15) is 5.75 Å². The van der Waals surface area contributed by atoms with Crippen molar-refractivity contribution in [3.63, 3.8) is 0 Å². The lowest BCUT2D eigenvalue weighted by molar-refractivity contribution is -0.119. The van der Waals surface area contributed by atoms with Gasteiger partial charge in [-0.25, -0.2) is 0 Å². The lowest BCUT2D eigenvalue weighted by Gasteiger charge is -2.07. The molecule has 1 atom stereocenters. The van der Waals surface area contributed by atoms with E-state index in [0.29, 0.717) is 23.8 Å². The number of halogens is 1. The van der Waals surface area contributed by atoms with Crippen molar-refractivity contribution >= 4 is 34.5 Å². The van der Waals surface area contributed by atoms with Gasteiger partial charge in [-0.2, -0.15) is 0 Å². The van der Waals surface area contributed by atoms with Gasteiger partial charge in [-0.3, -0.25) is 14.9 Å². The highest BCUT2D eigenvalue weighted by Gasteiger charge is 2.31. The third kappa shape index (κ3) is 3.38. The normalized spacial score (nSPS) is 19.2. The minimum atomic E-state index is -0.338. The zero-order valence-electron chi connectivity index (χ0n) is 8.81. The van der Waals surface area contributed by atoms with E-state index in [2.05, 4.69) is 5.32 Å². The van der Waals surface area contributed by atoms with Gasteiger partial charge < -0.3 is 4.74 Å². The van der Waals surface area contributed by atoms with E-state index in [1.807, 2.05) is 0 Å². The highest BCUT2D eigenvalue weighted by molar-refractivity contribution is 8.15. The number of ether oxygens (including phenoxy) is 1. The van der Waals surface area contributed by atoms with E-state index < -0.39 is 0 Å². The van der Waals surface area contributed by atoms with Crippen LogP contribution in [-0.2, 0) is 4.79 Å². The number of hydrogen-bond donors (Lipinski definition) is 1. The summed E-state index contributed by atoms with van der Waals surface area (Å²) in [5.41, 5.74) is 0. The highest BCUT2D eigenvalue weighted by Crippen LogP contribution is 2.22. The summed E-state index contributed by atoms with van der Waals surface area (Å²) in [6.45, 7) is 0.389. The van der Waals surface area contributed by atoms with Crippen LogP contribution in [0.3, 0.4) is 0 Å². The molecule has 2 amide bonds. The average Bonchev–Trinajstić information content (AvgIpc) is 2.60. The minimum absolute atomic E-state index is 0.236. The predicted octanol–water partition coefficient (Wildman–Crippen LogP) is 2.46. The van der Waals surface area contributed by atoms with E-state index in [-0.39, 0.29) is 16.4 Å². The molecule has 1 aromatic rings. The zero-order valence-corrected chi connectivity index (χ0v) is 10.4. The summed E-state index contributed by atoms with van der Waals surface area (Å²) in [6.07, 6.45) is 0.505. The monoisotopic (exact) mass is 271 g/mol. The maximum atomic E-state index is 11.2. The number of thioether (sulfide) groups is 1. The quantitative estimate of drug-likeness (QED) is 0.914. The lowest BCUT2D eigenvalue weighted by Crippen LogP contribution is -2.25. The van der Waals surface area contributed by atoms with E-state index in [1.54, 1.807) is 24.3 Å². The van der Waals surface area contributed by atoms with Crippen LogP contribution in [0.1, 0.15) is 6.42 Å². The fraction of sp³-hybridized carbons (Fsp3) is 0.273. The Bertz CT molecular complexity index is 435. The van der Waals surface area contributed by atoms with Gasteiger partial charge in [-0.1, -0.05) is 23.4 Å². The molecule has 1 saturated heterocycles. The van der Waals surface area contributed by atoms with Crippen molar-refractivity contribution in [3.8, 4) is 5.75 Å². The molecular weight excluding hydrogens is 262 g/mol. The molecule has 17 heavy (non-hydrogen) atoms. The van der Waals surface area contributed by atoms with Gasteiger partial charge in [0, 0.05) is 11.4 Å². The number of hydrogen-bond acceptors (Lipinski definition) is 4. The second-order valence-electron chi connectivity index (χ2n) is 3.47. The topological polar surface area (TPSA) is 55.4 Å². The molecule has 0 radical (unpaired) electrons. The summed E-state index contributed by atoms with van der Waals surface area (Å²) in [5.74, 6) is 0.462. The van der Waals surface area contributed by atoms with Crippen LogP contribution >= 0.6 is 23.4 Å². The molecule has 0 spiro atoms. The Labute approximate surface area is 108 Å². The van der Waals surface area contributed by atoms with E-state index >= 15 is 0 Å². The molecule has 1 aliphatic rings. The molecule has 90 valence electrons. The Morgan fingerprint density at radius 3 is 2.59 bits per heavy atom. The molecule has 1 heterocycles. The predicted molar refractivity (Wildman–Crippen MR) is 66.5 cm³/mol. The summed E-state index contributed by atoms with van der Waals surface area (Å²) in [7, 11) is 0. The smallest absolute Gasteiger partial charge is 0.286 e. The average molecular weight is 272 g/mol. The van der Waals surface area contributed by atoms with Crippen molar-refractivity contribution in [2.75, 3.05) is 6.61 Å². The largest absolute Gasteiger partial charge is 0.494 e. The van der Waals surface area contributed by atoms with E-state index in [9.17, 15) is 9.59 Å². The first-order chi connectivity index (χ1) is 8.15. The van der Waals surface area contributed by atoms with Gasteiger partial charge in [0.15, 0.2) is 0 Å². The molecule has 0 aromatic heterocycles. The minimum Gasteiger partial charge on any atom is -0.494 e. The number of benzene rings is 1. The Hall–Kier alpha value is -1.20. The molecule has 1 N–H and O–H groups in total. The molecule has 0 aliphatic carbocycles. The van der Waals surface area contributed by atoms with Crippen molar-refractivity contribution in [1.29, 1.82) is 0 Å². The Balaban J connectivity index is 1.78. The maximum absolute atomic E-state index is 11.2. The van der Waals surface area contributed by atoms with Gasteiger partial charge in [0.05, 0.1) is 11.9 Å². The van der Waals surface area contributed by atoms with E-state index in [1.165, 1.54) is 0 Å². The Morgan fingerprint density at radius 1 is 1.29 bits per heavy atom. The molecule has 0 saturated carbocycles. The second-order valence-corrected chi connectivity index (χ2v) is 5.09. The zero-order chi connectivity index (χ0) is 12.3. The van der Waals surface area contributed by atoms with Crippen LogP contribution in [0.15, 0.2) is 24.3 Å². The molecule has 4 nitrogen and oxygen atoms in total. The molecular formula is C11H10ClNO3S. The standard InChI is InChI=1S/C11H10ClNO3S/c12-7-1-3-8(4-2-7)16-6-5-9-10(14)13-11(15)17-9/h1-4,9H,5-6H2,(H,13,14,15). The molecule has 1 aliphatic heterocycles. The van der Waals surface area contributed by atoms with Crippen molar-refractivity contribution in [3.05, 3.63) is 29.3 Å². The fourth-order valence-corrected chi connectivity index (χ4v) is 2.32. The van der Waals surface area contributed by atoms with Crippen molar-refractivity contribution in [1.82, 2.24) is 5.32 Å². The SMILES string of the molecule is O=C1NC(=O)C(CCOc2ccc(Cl)cc2)S1.